The van der Waals surface area contributed by atoms with Gasteiger partial charge in [-0.25, -0.2) is 0 Å². The lowest BCUT2D eigenvalue weighted by molar-refractivity contribution is 0.0984. The molecule has 0 aliphatic heterocycles. The normalized spacial score (nSPS) is 10.9. The Morgan fingerprint density at radius 1 is 1.11 bits per heavy atom. The molecule has 0 radical (unpaired) electrons. The summed E-state index contributed by atoms with van der Waals surface area (Å²) in [5.41, 5.74) is 2.25. The van der Waals surface area contributed by atoms with Gasteiger partial charge in [0.25, 0.3) is 5.56 Å². The largest absolute Gasteiger partial charge is 0.361 e. The number of halogens is 1. The Hall–Kier alpha value is -2.96. The Kier molecular flexibility index (Phi) is 5.23. The summed E-state index contributed by atoms with van der Waals surface area (Å²) in [4.78, 5) is 24.7. The summed E-state index contributed by atoms with van der Waals surface area (Å²) in [6.45, 7) is 0. The zero-order valence-corrected chi connectivity index (χ0v) is 16.2. The van der Waals surface area contributed by atoms with Gasteiger partial charge in [-0.15, -0.1) is 11.3 Å². The van der Waals surface area contributed by atoms with Crippen molar-refractivity contribution in [2.75, 3.05) is 0 Å². The minimum Gasteiger partial charge on any atom is -0.361 e. The van der Waals surface area contributed by atoms with E-state index in [1.54, 1.807) is 29.0 Å². The van der Waals surface area contributed by atoms with Crippen LogP contribution >= 0.6 is 22.9 Å². The van der Waals surface area contributed by atoms with Crippen LogP contribution in [0.3, 0.4) is 0 Å². The molecular weight excluding hydrogens is 396 g/mol. The zero-order chi connectivity index (χ0) is 19.5. The van der Waals surface area contributed by atoms with E-state index >= 15 is 0 Å². The Morgan fingerprint density at radius 3 is 2.64 bits per heavy atom. The second-order valence-corrected chi connectivity index (χ2v) is 7.88. The number of benzene rings is 1. The molecule has 0 N–H and O–H groups in total. The molecule has 3 heterocycles. The zero-order valence-electron chi connectivity index (χ0n) is 14.7. The van der Waals surface area contributed by atoms with Gasteiger partial charge in [0, 0.05) is 42.4 Å². The molecule has 0 aliphatic carbocycles. The lowest BCUT2D eigenvalue weighted by atomic mass is 10.1. The quantitative estimate of drug-likeness (QED) is 0.418. The van der Waals surface area contributed by atoms with Crippen LogP contribution < -0.4 is 5.56 Å². The van der Waals surface area contributed by atoms with Crippen LogP contribution in [-0.4, -0.2) is 15.5 Å². The number of thiophene rings is 1. The number of rotatable bonds is 6. The van der Waals surface area contributed by atoms with E-state index in [1.807, 2.05) is 36.4 Å². The Bertz CT molecular complexity index is 1170. The van der Waals surface area contributed by atoms with E-state index in [4.69, 9.17) is 16.1 Å². The maximum atomic E-state index is 12.2. The van der Waals surface area contributed by atoms with Crippen molar-refractivity contribution in [1.82, 2.24) is 9.72 Å². The SMILES string of the molecule is O=C(CCc1cc(-c2ccc(-n3ccccc3=O)cc2)no1)c1ccc(Cl)s1. The van der Waals surface area contributed by atoms with Gasteiger partial charge < -0.3 is 4.52 Å². The summed E-state index contributed by atoms with van der Waals surface area (Å²) in [6, 6.07) is 17.8. The fourth-order valence-electron chi connectivity index (χ4n) is 2.82. The van der Waals surface area contributed by atoms with Gasteiger partial charge in [-0.1, -0.05) is 35.0 Å². The van der Waals surface area contributed by atoms with Gasteiger partial charge in [-0.2, -0.15) is 0 Å². The molecule has 5 nitrogen and oxygen atoms in total. The summed E-state index contributed by atoms with van der Waals surface area (Å²) in [7, 11) is 0. The minimum atomic E-state index is -0.0873. The number of hydrogen-bond donors (Lipinski definition) is 0. The molecule has 140 valence electrons. The highest BCUT2D eigenvalue weighted by atomic mass is 35.5. The number of pyridine rings is 1. The maximum Gasteiger partial charge on any atom is 0.255 e. The first kappa shape index (κ1) is 18.4. The summed E-state index contributed by atoms with van der Waals surface area (Å²) in [5.74, 6) is 0.682. The lowest BCUT2D eigenvalue weighted by Gasteiger charge is -2.05. The molecule has 4 rings (SSSR count). The molecular formula is C21H15ClN2O3S. The Morgan fingerprint density at radius 2 is 1.93 bits per heavy atom. The number of hydrogen-bond acceptors (Lipinski definition) is 5. The van der Waals surface area contributed by atoms with Crippen molar-refractivity contribution in [1.29, 1.82) is 0 Å². The lowest BCUT2D eigenvalue weighted by Crippen LogP contribution is -2.15. The highest BCUT2D eigenvalue weighted by molar-refractivity contribution is 7.18. The number of ketones is 1. The van der Waals surface area contributed by atoms with Crippen LogP contribution in [0.15, 0.2) is 76.2 Å². The van der Waals surface area contributed by atoms with Gasteiger partial charge in [-0.3, -0.25) is 14.2 Å². The van der Waals surface area contributed by atoms with E-state index in [1.165, 1.54) is 17.4 Å². The average molecular weight is 411 g/mol. The third kappa shape index (κ3) is 3.98. The van der Waals surface area contributed by atoms with Crippen LogP contribution in [0.5, 0.6) is 0 Å². The molecule has 4 aromatic rings. The van der Waals surface area contributed by atoms with Gasteiger partial charge in [0.15, 0.2) is 5.78 Å². The highest BCUT2D eigenvalue weighted by Crippen LogP contribution is 2.24. The van der Waals surface area contributed by atoms with Crippen molar-refractivity contribution in [3.8, 4) is 16.9 Å². The maximum absolute atomic E-state index is 12.2. The first-order valence-corrected chi connectivity index (χ1v) is 9.82. The highest BCUT2D eigenvalue weighted by Gasteiger charge is 2.12. The van der Waals surface area contributed by atoms with Crippen LogP contribution in [-0.2, 0) is 6.42 Å². The molecule has 0 bridgehead atoms. The van der Waals surface area contributed by atoms with Crippen molar-refractivity contribution >= 4 is 28.7 Å². The van der Waals surface area contributed by atoms with E-state index in [0.29, 0.717) is 33.5 Å². The van der Waals surface area contributed by atoms with Crippen LogP contribution in [0.25, 0.3) is 16.9 Å². The van der Waals surface area contributed by atoms with Crippen molar-refractivity contribution in [2.24, 2.45) is 0 Å². The molecule has 28 heavy (non-hydrogen) atoms. The molecule has 0 fully saturated rings. The van der Waals surface area contributed by atoms with Gasteiger partial charge >= 0.3 is 0 Å². The summed E-state index contributed by atoms with van der Waals surface area (Å²) in [5, 5.41) is 4.09. The standard InChI is InChI=1S/C21H15ClN2O3S/c22-20-11-10-19(28-20)18(25)9-8-16-13-17(23-27-16)14-4-6-15(7-5-14)24-12-2-1-3-21(24)26/h1-7,10-13H,8-9H2. The topological polar surface area (TPSA) is 65.1 Å². The molecule has 7 heteroatoms. The first-order chi connectivity index (χ1) is 13.6. The van der Waals surface area contributed by atoms with Crippen LogP contribution in [0, 0.1) is 0 Å². The molecule has 0 aliphatic rings. The minimum absolute atomic E-state index is 0.0347. The van der Waals surface area contributed by atoms with Crippen LogP contribution in [0.1, 0.15) is 21.9 Å². The number of aromatic nitrogens is 2. The average Bonchev–Trinajstić information content (AvgIpc) is 3.36. The smallest absolute Gasteiger partial charge is 0.255 e. The molecule has 1 aromatic carbocycles. The van der Waals surface area contributed by atoms with Crippen molar-refractivity contribution in [3.63, 3.8) is 0 Å². The van der Waals surface area contributed by atoms with Crippen molar-refractivity contribution < 1.29 is 9.32 Å². The second-order valence-electron chi connectivity index (χ2n) is 6.16. The number of Topliss-reactive ketones (excluding diaryl/α,β-unsaturated/α-hetero) is 1. The van der Waals surface area contributed by atoms with E-state index in [0.717, 1.165) is 11.3 Å². The van der Waals surface area contributed by atoms with Gasteiger partial charge in [-0.05, 0) is 30.3 Å². The predicted octanol–water partition coefficient (Wildman–Crippen LogP) is 5.02. The van der Waals surface area contributed by atoms with E-state index < -0.39 is 0 Å². The monoisotopic (exact) mass is 410 g/mol. The summed E-state index contributed by atoms with van der Waals surface area (Å²) >= 11 is 7.15. The van der Waals surface area contributed by atoms with Crippen LogP contribution in [0.2, 0.25) is 4.34 Å². The van der Waals surface area contributed by atoms with E-state index in [2.05, 4.69) is 5.16 Å². The van der Waals surface area contributed by atoms with Gasteiger partial charge in [0.2, 0.25) is 0 Å². The van der Waals surface area contributed by atoms with Crippen LogP contribution in [0.4, 0.5) is 0 Å². The van der Waals surface area contributed by atoms with E-state index in [9.17, 15) is 9.59 Å². The molecule has 0 saturated heterocycles. The predicted molar refractivity (Wildman–Crippen MR) is 110 cm³/mol. The number of carbonyl (C=O) groups excluding carboxylic acids is 1. The fourth-order valence-corrected chi connectivity index (χ4v) is 3.83. The Balaban J connectivity index is 1.45. The third-order valence-electron chi connectivity index (χ3n) is 4.27. The number of aryl methyl sites for hydroxylation is 1. The van der Waals surface area contributed by atoms with Gasteiger partial charge in [0.05, 0.1) is 9.21 Å². The molecule has 0 saturated carbocycles. The second kappa shape index (κ2) is 7.96. The fraction of sp³-hybridized carbons (Fsp3) is 0.0952. The molecule has 0 amide bonds. The van der Waals surface area contributed by atoms with E-state index in [-0.39, 0.29) is 11.3 Å². The number of carbonyl (C=O) groups is 1. The van der Waals surface area contributed by atoms with Gasteiger partial charge in [0.1, 0.15) is 11.5 Å². The number of nitrogens with zero attached hydrogens (tertiary/aromatic N) is 2. The van der Waals surface area contributed by atoms with Crippen molar-refractivity contribution in [2.45, 2.75) is 12.8 Å². The molecule has 0 spiro atoms. The first-order valence-electron chi connectivity index (χ1n) is 8.63. The summed E-state index contributed by atoms with van der Waals surface area (Å²) in [6.07, 6.45) is 2.53. The third-order valence-corrected chi connectivity index (χ3v) is 5.54. The Labute approximate surface area is 169 Å². The van der Waals surface area contributed by atoms with Crippen molar-refractivity contribution in [3.05, 3.63) is 92.2 Å². The summed E-state index contributed by atoms with van der Waals surface area (Å²) < 4.78 is 7.54. The molecule has 0 atom stereocenters. The molecule has 3 aromatic heterocycles. The molecule has 0 unspecified atom stereocenters.